The third-order valence-corrected chi connectivity index (χ3v) is 3.59. The number of aromatic nitrogens is 2. The highest BCUT2D eigenvalue weighted by Crippen LogP contribution is 2.19. The fourth-order valence-corrected chi connectivity index (χ4v) is 2.26. The Balaban J connectivity index is 1.55. The van der Waals surface area contributed by atoms with Gasteiger partial charge in [-0.25, -0.2) is 4.79 Å². The van der Waals surface area contributed by atoms with Crippen molar-refractivity contribution in [2.45, 2.75) is 13.5 Å². The van der Waals surface area contributed by atoms with Crippen LogP contribution >= 0.6 is 0 Å². The second kappa shape index (κ2) is 8.05. The number of hydrogen-bond donors (Lipinski definition) is 0. The van der Waals surface area contributed by atoms with Crippen LogP contribution in [0.1, 0.15) is 17.0 Å². The number of nitrogens with zero attached hydrogens (tertiary/aromatic N) is 3. The Bertz CT molecular complexity index is 993. The number of carbonyl (C=O) groups excluding carboxylic acids is 1. The molecule has 1 aromatic heterocycles. The summed E-state index contributed by atoms with van der Waals surface area (Å²) in [6, 6.07) is 13.4. The second-order valence-corrected chi connectivity index (χ2v) is 5.66. The number of hydrogen-bond acceptors (Lipinski definition) is 7. The first-order valence-electron chi connectivity index (χ1n) is 8.00. The van der Waals surface area contributed by atoms with Crippen molar-refractivity contribution in [1.82, 2.24) is 10.2 Å². The van der Waals surface area contributed by atoms with Crippen LogP contribution in [0.25, 0.3) is 17.5 Å². The molecular formula is C19H15N3O5. The van der Waals surface area contributed by atoms with Crippen LogP contribution in [0.4, 0.5) is 5.69 Å². The standard InChI is InChI=1S/C19H15N3O5/c1-13-3-2-4-15(11-13)19-21-20-17(27-19)12-26-18(23)10-7-14-5-8-16(9-6-14)22(24)25/h2-11H,12H2,1H3/b10-7+. The lowest BCUT2D eigenvalue weighted by Gasteiger charge is -1.98. The van der Waals surface area contributed by atoms with E-state index in [1.165, 1.54) is 36.4 Å². The Labute approximate surface area is 154 Å². The molecule has 0 aliphatic heterocycles. The Morgan fingerprint density at radius 2 is 2.00 bits per heavy atom. The van der Waals surface area contributed by atoms with Gasteiger partial charge in [-0.1, -0.05) is 17.7 Å². The van der Waals surface area contributed by atoms with Gasteiger partial charge in [0.15, 0.2) is 6.61 Å². The summed E-state index contributed by atoms with van der Waals surface area (Å²) in [7, 11) is 0. The van der Waals surface area contributed by atoms with Crippen molar-refractivity contribution in [2.24, 2.45) is 0 Å². The van der Waals surface area contributed by atoms with Gasteiger partial charge in [-0.3, -0.25) is 10.1 Å². The number of ether oxygens (including phenoxy) is 1. The maximum Gasteiger partial charge on any atom is 0.331 e. The molecule has 8 heteroatoms. The SMILES string of the molecule is Cc1cccc(-c2nnc(COC(=O)/C=C/c3ccc([N+](=O)[O-])cc3)o2)c1. The average molecular weight is 365 g/mol. The van der Waals surface area contributed by atoms with Crippen LogP contribution in [-0.2, 0) is 16.1 Å². The Kier molecular flexibility index (Phi) is 5.36. The molecule has 1 heterocycles. The molecule has 0 radical (unpaired) electrons. The van der Waals surface area contributed by atoms with Crippen LogP contribution in [0.5, 0.6) is 0 Å². The number of benzene rings is 2. The number of nitro benzene ring substituents is 1. The monoisotopic (exact) mass is 365 g/mol. The molecule has 0 amide bonds. The zero-order valence-electron chi connectivity index (χ0n) is 14.4. The van der Waals surface area contributed by atoms with Crippen molar-refractivity contribution in [3.63, 3.8) is 0 Å². The number of esters is 1. The molecule has 27 heavy (non-hydrogen) atoms. The second-order valence-electron chi connectivity index (χ2n) is 5.66. The minimum atomic E-state index is -0.594. The predicted molar refractivity (Wildman–Crippen MR) is 96.4 cm³/mol. The van der Waals surface area contributed by atoms with Crippen LogP contribution in [0, 0.1) is 17.0 Å². The van der Waals surface area contributed by atoms with Crippen molar-refractivity contribution in [1.29, 1.82) is 0 Å². The van der Waals surface area contributed by atoms with Gasteiger partial charge in [0, 0.05) is 23.8 Å². The smallest absolute Gasteiger partial charge is 0.331 e. The van der Waals surface area contributed by atoms with Crippen molar-refractivity contribution in [3.05, 3.63) is 81.7 Å². The molecule has 136 valence electrons. The first-order valence-corrected chi connectivity index (χ1v) is 8.00. The molecule has 0 unspecified atom stereocenters. The van der Waals surface area contributed by atoms with E-state index in [0.29, 0.717) is 11.5 Å². The number of nitro groups is 1. The molecule has 0 atom stereocenters. The Hall–Kier alpha value is -3.81. The van der Waals surface area contributed by atoms with Crippen molar-refractivity contribution >= 4 is 17.7 Å². The normalized spacial score (nSPS) is 10.9. The number of rotatable bonds is 6. The fraction of sp³-hybridized carbons (Fsp3) is 0.105. The van der Waals surface area contributed by atoms with Gasteiger partial charge in [-0.2, -0.15) is 0 Å². The summed E-state index contributed by atoms with van der Waals surface area (Å²) in [6.45, 7) is 1.81. The van der Waals surface area contributed by atoms with E-state index in [9.17, 15) is 14.9 Å². The van der Waals surface area contributed by atoms with Gasteiger partial charge in [-0.05, 0) is 42.8 Å². The van der Waals surface area contributed by atoms with E-state index >= 15 is 0 Å². The summed E-state index contributed by atoms with van der Waals surface area (Å²) >= 11 is 0. The van der Waals surface area contributed by atoms with Gasteiger partial charge < -0.3 is 9.15 Å². The molecule has 0 N–H and O–H groups in total. The van der Waals surface area contributed by atoms with E-state index in [-0.39, 0.29) is 18.2 Å². The minimum absolute atomic E-state index is 0.0180. The first-order chi connectivity index (χ1) is 13.0. The third kappa shape index (κ3) is 4.85. The van der Waals surface area contributed by atoms with Crippen LogP contribution in [0.15, 0.2) is 59.0 Å². The van der Waals surface area contributed by atoms with E-state index in [2.05, 4.69) is 10.2 Å². The van der Waals surface area contributed by atoms with Crippen LogP contribution < -0.4 is 0 Å². The van der Waals surface area contributed by atoms with E-state index in [0.717, 1.165) is 11.1 Å². The first kappa shape index (κ1) is 18.0. The predicted octanol–water partition coefficient (Wildman–Crippen LogP) is 3.71. The summed E-state index contributed by atoms with van der Waals surface area (Å²) in [5.74, 6) is -0.0570. The average Bonchev–Trinajstić information content (AvgIpc) is 3.14. The van der Waals surface area contributed by atoms with E-state index in [1.54, 1.807) is 0 Å². The molecule has 0 aliphatic carbocycles. The summed E-state index contributed by atoms with van der Waals surface area (Å²) in [6.07, 6.45) is 2.72. The van der Waals surface area contributed by atoms with E-state index < -0.39 is 10.9 Å². The van der Waals surface area contributed by atoms with Crippen molar-refractivity contribution in [3.8, 4) is 11.5 Å². The van der Waals surface area contributed by atoms with Gasteiger partial charge in [0.1, 0.15) is 0 Å². The zero-order valence-corrected chi connectivity index (χ0v) is 14.4. The minimum Gasteiger partial charge on any atom is -0.452 e. The molecule has 0 aliphatic rings. The Morgan fingerprint density at radius 1 is 1.22 bits per heavy atom. The topological polar surface area (TPSA) is 108 Å². The molecule has 0 saturated carbocycles. The van der Waals surface area contributed by atoms with Gasteiger partial charge in [0.05, 0.1) is 4.92 Å². The molecule has 0 spiro atoms. The maximum absolute atomic E-state index is 11.8. The van der Waals surface area contributed by atoms with Crippen molar-refractivity contribution < 1.29 is 18.9 Å². The lowest BCUT2D eigenvalue weighted by molar-refractivity contribution is -0.384. The summed E-state index contributed by atoms with van der Waals surface area (Å²) in [5.41, 5.74) is 2.47. The summed E-state index contributed by atoms with van der Waals surface area (Å²) < 4.78 is 10.5. The Morgan fingerprint density at radius 3 is 2.70 bits per heavy atom. The zero-order chi connectivity index (χ0) is 19.2. The van der Waals surface area contributed by atoms with Gasteiger partial charge >= 0.3 is 5.97 Å². The fourth-order valence-electron chi connectivity index (χ4n) is 2.26. The van der Waals surface area contributed by atoms with Crippen LogP contribution in [0.2, 0.25) is 0 Å². The molecule has 8 nitrogen and oxygen atoms in total. The molecule has 3 aromatic rings. The molecular weight excluding hydrogens is 350 g/mol. The highest BCUT2D eigenvalue weighted by molar-refractivity contribution is 5.87. The van der Waals surface area contributed by atoms with Crippen molar-refractivity contribution in [2.75, 3.05) is 0 Å². The molecule has 3 rings (SSSR count). The molecule has 0 saturated heterocycles. The largest absolute Gasteiger partial charge is 0.452 e. The number of aryl methyl sites for hydroxylation is 1. The van der Waals surface area contributed by atoms with E-state index in [1.807, 2.05) is 31.2 Å². The van der Waals surface area contributed by atoms with Crippen LogP contribution in [0.3, 0.4) is 0 Å². The highest BCUT2D eigenvalue weighted by atomic mass is 16.6. The van der Waals surface area contributed by atoms with E-state index in [4.69, 9.17) is 9.15 Å². The number of carbonyl (C=O) groups is 1. The summed E-state index contributed by atoms with van der Waals surface area (Å²) in [4.78, 5) is 21.9. The molecule has 0 fully saturated rings. The molecule has 2 aromatic carbocycles. The van der Waals surface area contributed by atoms with Gasteiger partial charge in [-0.15, -0.1) is 10.2 Å². The quantitative estimate of drug-likeness (QED) is 0.283. The molecule has 0 bridgehead atoms. The highest BCUT2D eigenvalue weighted by Gasteiger charge is 2.10. The van der Waals surface area contributed by atoms with Gasteiger partial charge in [0.2, 0.25) is 5.89 Å². The maximum atomic E-state index is 11.8. The third-order valence-electron chi connectivity index (χ3n) is 3.59. The van der Waals surface area contributed by atoms with Gasteiger partial charge in [0.25, 0.3) is 11.6 Å². The van der Waals surface area contributed by atoms with Crippen LogP contribution in [-0.4, -0.2) is 21.1 Å². The lowest BCUT2D eigenvalue weighted by atomic mass is 10.1. The number of non-ortho nitro benzene ring substituents is 1. The lowest BCUT2D eigenvalue weighted by Crippen LogP contribution is -2.00. The summed E-state index contributed by atoms with van der Waals surface area (Å²) in [5, 5.41) is 18.4.